The first-order valence-corrected chi connectivity index (χ1v) is 7.58. The van der Waals surface area contributed by atoms with Gasteiger partial charge in [0.1, 0.15) is 0 Å². The number of esters is 1. The standard InChI is InChI=1S/C16H22N4O3/c1-10-9-14-18-11(2)13(12(3)20(14)19-10)5-6-15(21)17-8-7-16(22)23-4/h9H,5-8H2,1-4H3,(H,17,21). The maximum atomic E-state index is 11.9. The van der Waals surface area contributed by atoms with Crippen molar-refractivity contribution in [3.63, 3.8) is 0 Å². The van der Waals surface area contributed by atoms with Gasteiger partial charge in [0, 0.05) is 30.4 Å². The molecule has 0 spiro atoms. The topological polar surface area (TPSA) is 85.6 Å². The molecule has 2 aromatic heterocycles. The monoisotopic (exact) mass is 318 g/mol. The molecule has 2 aromatic rings. The Morgan fingerprint density at radius 2 is 2.00 bits per heavy atom. The first kappa shape index (κ1) is 16.9. The van der Waals surface area contributed by atoms with Gasteiger partial charge in [0.05, 0.1) is 19.2 Å². The van der Waals surface area contributed by atoms with Crippen LogP contribution in [0.3, 0.4) is 0 Å². The third-order valence-corrected chi connectivity index (χ3v) is 3.77. The summed E-state index contributed by atoms with van der Waals surface area (Å²) in [6.07, 6.45) is 1.11. The zero-order chi connectivity index (χ0) is 17.0. The summed E-state index contributed by atoms with van der Waals surface area (Å²) in [6.45, 7) is 6.15. The molecule has 23 heavy (non-hydrogen) atoms. The summed E-state index contributed by atoms with van der Waals surface area (Å²) in [5.74, 6) is -0.426. The Labute approximate surface area is 135 Å². The minimum Gasteiger partial charge on any atom is -0.469 e. The first-order valence-electron chi connectivity index (χ1n) is 7.58. The van der Waals surface area contributed by atoms with Gasteiger partial charge in [-0.15, -0.1) is 0 Å². The van der Waals surface area contributed by atoms with Crippen molar-refractivity contribution in [1.82, 2.24) is 19.9 Å². The molecule has 7 heteroatoms. The summed E-state index contributed by atoms with van der Waals surface area (Å²) < 4.78 is 6.34. The molecule has 2 rings (SSSR count). The van der Waals surface area contributed by atoms with E-state index in [1.54, 1.807) is 0 Å². The molecular weight excluding hydrogens is 296 g/mol. The number of amides is 1. The van der Waals surface area contributed by atoms with Crippen LogP contribution in [0.1, 0.15) is 35.5 Å². The van der Waals surface area contributed by atoms with Crippen LogP contribution in [0, 0.1) is 20.8 Å². The highest BCUT2D eigenvalue weighted by Crippen LogP contribution is 2.16. The van der Waals surface area contributed by atoms with Crippen LogP contribution in [0.4, 0.5) is 0 Å². The van der Waals surface area contributed by atoms with Crippen LogP contribution in [-0.2, 0) is 20.7 Å². The molecule has 0 aromatic carbocycles. The maximum Gasteiger partial charge on any atom is 0.307 e. The van der Waals surface area contributed by atoms with E-state index in [4.69, 9.17) is 0 Å². The summed E-state index contributed by atoms with van der Waals surface area (Å²) in [4.78, 5) is 27.4. The molecule has 0 unspecified atom stereocenters. The molecule has 0 saturated heterocycles. The van der Waals surface area contributed by atoms with Crippen LogP contribution >= 0.6 is 0 Å². The summed E-state index contributed by atoms with van der Waals surface area (Å²) >= 11 is 0. The molecular formula is C16H22N4O3. The molecule has 0 aliphatic rings. The minimum atomic E-state index is -0.333. The summed E-state index contributed by atoms with van der Waals surface area (Å²) in [7, 11) is 1.33. The molecule has 124 valence electrons. The van der Waals surface area contributed by atoms with E-state index >= 15 is 0 Å². The van der Waals surface area contributed by atoms with Crippen molar-refractivity contribution in [3.05, 3.63) is 28.7 Å². The quantitative estimate of drug-likeness (QED) is 0.811. The van der Waals surface area contributed by atoms with Gasteiger partial charge in [-0.25, -0.2) is 9.50 Å². The molecule has 1 N–H and O–H groups in total. The molecule has 0 fully saturated rings. The van der Waals surface area contributed by atoms with E-state index in [-0.39, 0.29) is 18.3 Å². The third kappa shape index (κ3) is 4.06. The number of aromatic nitrogens is 3. The van der Waals surface area contributed by atoms with Crippen molar-refractivity contribution in [2.75, 3.05) is 13.7 Å². The third-order valence-electron chi connectivity index (χ3n) is 3.77. The fourth-order valence-corrected chi connectivity index (χ4v) is 2.54. The van der Waals surface area contributed by atoms with Gasteiger partial charge < -0.3 is 10.1 Å². The highest BCUT2D eigenvalue weighted by Gasteiger charge is 2.13. The minimum absolute atomic E-state index is 0.0931. The van der Waals surface area contributed by atoms with Crippen LogP contribution < -0.4 is 5.32 Å². The zero-order valence-corrected chi connectivity index (χ0v) is 14.0. The number of ether oxygens (including phenoxy) is 1. The van der Waals surface area contributed by atoms with Crippen molar-refractivity contribution in [3.8, 4) is 0 Å². The van der Waals surface area contributed by atoms with Gasteiger partial charge in [-0.1, -0.05) is 0 Å². The summed E-state index contributed by atoms with van der Waals surface area (Å²) in [6, 6.07) is 1.93. The Kier molecular flexibility index (Phi) is 5.31. The SMILES string of the molecule is COC(=O)CCNC(=O)CCc1c(C)nc2cc(C)nn2c1C. The van der Waals surface area contributed by atoms with Gasteiger partial charge >= 0.3 is 5.97 Å². The molecule has 2 heterocycles. The van der Waals surface area contributed by atoms with E-state index in [2.05, 4.69) is 20.1 Å². The molecule has 0 bridgehead atoms. The fourth-order valence-electron chi connectivity index (χ4n) is 2.54. The van der Waals surface area contributed by atoms with E-state index in [0.717, 1.165) is 28.3 Å². The van der Waals surface area contributed by atoms with E-state index in [1.807, 2.05) is 31.4 Å². The Balaban J connectivity index is 1.99. The number of nitrogens with one attached hydrogen (secondary N) is 1. The van der Waals surface area contributed by atoms with Crippen LogP contribution in [0.15, 0.2) is 6.07 Å². The molecule has 0 aliphatic heterocycles. The smallest absolute Gasteiger partial charge is 0.307 e. The molecule has 7 nitrogen and oxygen atoms in total. The number of hydrogen-bond donors (Lipinski definition) is 1. The average Bonchev–Trinajstić information content (AvgIpc) is 2.87. The number of rotatable bonds is 6. The number of hydrogen-bond acceptors (Lipinski definition) is 5. The second-order valence-electron chi connectivity index (χ2n) is 5.49. The van der Waals surface area contributed by atoms with Gasteiger partial charge in [-0.3, -0.25) is 9.59 Å². The van der Waals surface area contributed by atoms with Gasteiger partial charge in [-0.2, -0.15) is 5.10 Å². The lowest BCUT2D eigenvalue weighted by Gasteiger charge is -2.11. The van der Waals surface area contributed by atoms with Crippen LogP contribution in [0.2, 0.25) is 0 Å². The van der Waals surface area contributed by atoms with Gasteiger partial charge in [-0.05, 0) is 32.8 Å². The van der Waals surface area contributed by atoms with Crippen LogP contribution in [0.5, 0.6) is 0 Å². The number of aryl methyl sites for hydroxylation is 3. The van der Waals surface area contributed by atoms with Gasteiger partial charge in [0.25, 0.3) is 0 Å². The van der Waals surface area contributed by atoms with E-state index < -0.39 is 0 Å². The van der Waals surface area contributed by atoms with Crippen molar-refractivity contribution >= 4 is 17.5 Å². The molecule has 0 saturated carbocycles. The molecule has 0 radical (unpaired) electrons. The Morgan fingerprint density at radius 1 is 1.26 bits per heavy atom. The molecule has 0 aliphatic carbocycles. The lowest BCUT2D eigenvalue weighted by Crippen LogP contribution is -2.26. The summed E-state index contributed by atoms with van der Waals surface area (Å²) in [5.41, 5.74) is 4.69. The predicted octanol–water partition coefficient (Wildman–Crippen LogP) is 1.27. The van der Waals surface area contributed by atoms with Crippen LogP contribution in [-0.4, -0.2) is 40.1 Å². The molecule has 0 atom stereocenters. The zero-order valence-electron chi connectivity index (χ0n) is 14.0. The Bertz CT molecular complexity index is 736. The van der Waals surface area contributed by atoms with Crippen molar-refractivity contribution in [2.45, 2.75) is 40.0 Å². The van der Waals surface area contributed by atoms with Gasteiger partial charge in [0.15, 0.2) is 5.65 Å². The predicted molar refractivity (Wildman–Crippen MR) is 85.2 cm³/mol. The van der Waals surface area contributed by atoms with Crippen LogP contribution in [0.25, 0.3) is 5.65 Å². The van der Waals surface area contributed by atoms with Crippen molar-refractivity contribution < 1.29 is 14.3 Å². The summed E-state index contributed by atoms with van der Waals surface area (Å²) in [5, 5.41) is 7.14. The molecule has 1 amide bonds. The van der Waals surface area contributed by atoms with E-state index in [0.29, 0.717) is 19.4 Å². The highest BCUT2D eigenvalue weighted by molar-refractivity contribution is 5.77. The van der Waals surface area contributed by atoms with Gasteiger partial charge in [0.2, 0.25) is 5.91 Å². The van der Waals surface area contributed by atoms with Crippen molar-refractivity contribution in [2.24, 2.45) is 0 Å². The second-order valence-corrected chi connectivity index (χ2v) is 5.49. The van der Waals surface area contributed by atoms with E-state index in [1.165, 1.54) is 7.11 Å². The maximum absolute atomic E-state index is 11.9. The number of nitrogens with zero attached hydrogens (tertiary/aromatic N) is 3. The number of carbonyl (C=O) groups excluding carboxylic acids is 2. The highest BCUT2D eigenvalue weighted by atomic mass is 16.5. The Hall–Kier alpha value is -2.44. The lowest BCUT2D eigenvalue weighted by molar-refractivity contribution is -0.140. The largest absolute Gasteiger partial charge is 0.469 e. The van der Waals surface area contributed by atoms with E-state index in [9.17, 15) is 9.59 Å². The normalized spacial score (nSPS) is 10.8. The van der Waals surface area contributed by atoms with Crippen molar-refractivity contribution in [1.29, 1.82) is 0 Å². The lowest BCUT2D eigenvalue weighted by atomic mass is 10.1. The average molecular weight is 318 g/mol. The number of fused-ring (bicyclic) bond motifs is 1. The number of carbonyl (C=O) groups is 2. The first-order chi connectivity index (χ1) is 10.9. The number of methoxy groups -OCH3 is 1. The Morgan fingerprint density at radius 3 is 2.70 bits per heavy atom. The fraction of sp³-hybridized carbons (Fsp3) is 0.500. The second kappa shape index (κ2) is 7.21.